The number of hydrogen-bond acceptors (Lipinski definition) is 6. The maximum atomic E-state index is 13.1. The van der Waals surface area contributed by atoms with Gasteiger partial charge in [0.2, 0.25) is 5.91 Å². The van der Waals surface area contributed by atoms with Crippen LogP contribution in [0.15, 0.2) is 60.8 Å². The number of rotatable bonds is 68. The second kappa shape index (κ2) is 65.6. The molecule has 0 aliphatic rings. The first-order chi connectivity index (χ1) is 41.0. The predicted octanol–water partition coefficient (Wildman–Crippen LogP) is 22.9. The minimum atomic E-state index is -4.58. The Morgan fingerprint density at radius 2 is 0.726 bits per heavy atom. The van der Waals surface area contributed by atoms with Crippen molar-refractivity contribution in [2.75, 3.05) is 40.9 Å². The standard InChI is InChI=1S/C75H143N2O6P/c1-6-8-10-12-14-16-18-20-22-24-26-28-30-32-34-36-38-40-42-44-46-48-50-52-54-56-58-60-62-64-66-68-74(78)73(72-83-84(80,81)82-71-70-77(3,4)5)76-75(79)69-67-65-63-61-59-57-55-53-51-49-47-45-43-41-39-37-35-33-31-29-27-25-23-21-19-17-15-13-11-9-7-2/h9,11,15,17,21,23,27,29,33,35,73-74,78H,6-8,10,12-14,16,18-20,22,24-26,28,30-32,34,36-72H2,1-5H3,(H-,76,79,80,81)/b11-9-,17-15-,23-21-,29-27-,35-33-. The quantitative estimate of drug-likeness (QED) is 0.0272. The molecule has 0 aromatic rings. The van der Waals surface area contributed by atoms with Gasteiger partial charge in [0.15, 0.2) is 0 Å². The fraction of sp³-hybridized carbons (Fsp3) is 0.853. The van der Waals surface area contributed by atoms with Crippen molar-refractivity contribution in [2.24, 2.45) is 0 Å². The average Bonchev–Trinajstić information content (AvgIpc) is 3.56. The molecule has 0 aliphatic carbocycles. The van der Waals surface area contributed by atoms with Gasteiger partial charge in [-0.3, -0.25) is 9.36 Å². The van der Waals surface area contributed by atoms with Crippen LogP contribution in [0.5, 0.6) is 0 Å². The molecular weight excluding hydrogens is 1060 g/mol. The van der Waals surface area contributed by atoms with E-state index >= 15 is 0 Å². The first-order valence-electron chi connectivity index (χ1n) is 36.6. The van der Waals surface area contributed by atoms with Crippen LogP contribution < -0.4 is 10.2 Å². The van der Waals surface area contributed by atoms with Crippen LogP contribution >= 0.6 is 7.82 Å². The van der Waals surface area contributed by atoms with Crippen molar-refractivity contribution in [1.82, 2.24) is 5.32 Å². The number of allylic oxidation sites excluding steroid dienone is 10. The summed E-state index contributed by atoms with van der Waals surface area (Å²) in [7, 11) is 1.32. The van der Waals surface area contributed by atoms with Crippen LogP contribution in [-0.2, 0) is 18.4 Å². The largest absolute Gasteiger partial charge is 0.756 e. The van der Waals surface area contributed by atoms with E-state index in [9.17, 15) is 19.4 Å². The summed E-state index contributed by atoms with van der Waals surface area (Å²) in [6.07, 6.45) is 90.2. The molecular formula is C75H143N2O6P. The van der Waals surface area contributed by atoms with Crippen LogP contribution in [-0.4, -0.2) is 68.5 Å². The monoisotopic (exact) mass is 1200 g/mol. The van der Waals surface area contributed by atoms with Crippen LogP contribution in [0.1, 0.15) is 361 Å². The highest BCUT2D eigenvalue weighted by Crippen LogP contribution is 2.38. The summed E-state index contributed by atoms with van der Waals surface area (Å²) in [6, 6.07) is -0.805. The number of likely N-dealkylation sites (N-methyl/N-ethyl adjacent to an activating group) is 1. The highest BCUT2D eigenvalue weighted by Gasteiger charge is 2.24. The third-order valence-electron chi connectivity index (χ3n) is 16.8. The summed E-state index contributed by atoms with van der Waals surface area (Å²) in [6.45, 7) is 4.66. The number of phosphoric acid groups is 1. The van der Waals surface area contributed by atoms with Gasteiger partial charge in [0.1, 0.15) is 13.2 Å². The Morgan fingerprint density at radius 1 is 0.429 bits per heavy atom. The highest BCUT2D eigenvalue weighted by molar-refractivity contribution is 7.45. The highest BCUT2D eigenvalue weighted by atomic mass is 31.2. The molecule has 0 fully saturated rings. The van der Waals surface area contributed by atoms with E-state index in [1.807, 2.05) is 21.1 Å². The summed E-state index contributed by atoms with van der Waals surface area (Å²) >= 11 is 0. The van der Waals surface area contributed by atoms with Crippen molar-refractivity contribution in [3.8, 4) is 0 Å². The molecule has 0 bridgehead atoms. The Labute approximate surface area is 523 Å². The van der Waals surface area contributed by atoms with E-state index in [1.165, 1.54) is 263 Å². The van der Waals surface area contributed by atoms with Crippen LogP contribution in [0.25, 0.3) is 0 Å². The van der Waals surface area contributed by atoms with Crippen molar-refractivity contribution in [3.05, 3.63) is 60.8 Å². The smallest absolute Gasteiger partial charge is 0.268 e. The number of quaternary nitrogens is 1. The summed E-state index contributed by atoms with van der Waals surface area (Å²) in [5.74, 6) is -0.161. The molecule has 2 N–H and O–H groups in total. The van der Waals surface area contributed by atoms with Gasteiger partial charge in [-0.15, -0.1) is 0 Å². The number of nitrogens with one attached hydrogen (secondary N) is 1. The van der Waals surface area contributed by atoms with Gasteiger partial charge in [-0.2, -0.15) is 0 Å². The minimum absolute atomic E-state index is 0.0121. The Morgan fingerprint density at radius 3 is 1.06 bits per heavy atom. The molecule has 84 heavy (non-hydrogen) atoms. The Balaban J connectivity index is 4.00. The van der Waals surface area contributed by atoms with E-state index in [0.29, 0.717) is 23.9 Å². The fourth-order valence-corrected chi connectivity index (χ4v) is 11.9. The fourth-order valence-electron chi connectivity index (χ4n) is 11.1. The molecule has 494 valence electrons. The van der Waals surface area contributed by atoms with Gasteiger partial charge in [0.25, 0.3) is 7.82 Å². The molecule has 3 unspecified atom stereocenters. The zero-order valence-electron chi connectivity index (χ0n) is 56.6. The minimum Gasteiger partial charge on any atom is -0.756 e. The lowest BCUT2D eigenvalue weighted by atomic mass is 10.0. The second-order valence-corrected chi connectivity index (χ2v) is 27.7. The molecule has 0 rings (SSSR count). The van der Waals surface area contributed by atoms with Gasteiger partial charge in [-0.1, -0.05) is 357 Å². The summed E-state index contributed by atoms with van der Waals surface area (Å²) in [4.78, 5) is 25.7. The Kier molecular flexibility index (Phi) is 64.2. The molecule has 3 atom stereocenters. The molecule has 0 heterocycles. The molecule has 0 saturated heterocycles. The van der Waals surface area contributed by atoms with E-state index in [1.54, 1.807) is 0 Å². The molecule has 0 spiro atoms. The van der Waals surface area contributed by atoms with Crippen molar-refractivity contribution in [3.63, 3.8) is 0 Å². The van der Waals surface area contributed by atoms with Crippen molar-refractivity contribution in [1.29, 1.82) is 0 Å². The normalized spacial score (nSPS) is 13.9. The van der Waals surface area contributed by atoms with Gasteiger partial charge >= 0.3 is 0 Å². The lowest BCUT2D eigenvalue weighted by Crippen LogP contribution is -2.46. The van der Waals surface area contributed by atoms with Crippen molar-refractivity contribution >= 4 is 13.7 Å². The molecule has 0 saturated carbocycles. The topological polar surface area (TPSA) is 108 Å². The Hall–Kier alpha value is -1.80. The van der Waals surface area contributed by atoms with Gasteiger partial charge in [0, 0.05) is 6.42 Å². The summed E-state index contributed by atoms with van der Waals surface area (Å²) in [5, 5.41) is 14.1. The van der Waals surface area contributed by atoms with Crippen molar-refractivity contribution < 1.29 is 32.9 Å². The van der Waals surface area contributed by atoms with Gasteiger partial charge in [0.05, 0.1) is 39.9 Å². The number of carbonyl (C=O) groups excluding carboxylic acids is 1. The maximum absolute atomic E-state index is 13.1. The third kappa shape index (κ3) is 67.7. The molecule has 8 nitrogen and oxygen atoms in total. The van der Waals surface area contributed by atoms with Crippen LogP contribution in [0.2, 0.25) is 0 Å². The van der Waals surface area contributed by atoms with E-state index in [0.717, 1.165) is 70.6 Å². The number of carbonyl (C=O) groups is 1. The van der Waals surface area contributed by atoms with Gasteiger partial charge in [-0.05, 0) is 57.8 Å². The van der Waals surface area contributed by atoms with E-state index in [4.69, 9.17) is 9.05 Å². The predicted molar refractivity (Wildman–Crippen MR) is 367 cm³/mol. The molecule has 0 aromatic heterocycles. The van der Waals surface area contributed by atoms with Crippen molar-refractivity contribution in [2.45, 2.75) is 373 Å². The summed E-state index contributed by atoms with van der Waals surface area (Å²) < 4.78 is 23.6. The van der Waals surface area contributed by atoms with E-state index < -0.39 is 20.0 Å². The lowest BCUT2D eigenvalue weighted by Gasteiger charge is -2.30. The zero-order chi connectivity index (χ0) is 61.2. The third-order valence-corrected chi connectivity index (χ3v) is 17.7. The van der Waals surface area contributed by atoms with Crippen LogP contribution in [0, 0.1) is 0 Å². The molecule has 0 aromatic carbocycles. The number of unbranched alkanes of at least 4 members (excludes halogenated alkanes) is 45. The lowest BCUT2D eigenvalue weighted by molar-refractivity contribution is -0.870. The van der Waals surface area contributed by atoms with E-state index in [-0.39, 0.29) is 19.1 Å². The number of phosphoric ester groups is 1. The zero-order valence-corrected chi connectivity index (χ0v) is 57.5. The van der Waals surface area contributed by atoms with E-state index in [2.05, 4.69) is 79.9 Å². The number of hydrogen-bond donors (Lipinski definition) is 2. The first kappa shape index (κ1) is 82.2. The van der Waals surface area contributed by atoms with Gasteiger partial charge < -0.3 is 28.8 Å². The SMILES string of the molecule is CC/C=C\C/C=C\C/C=C\C/C=C\C/C=C\CCCCCCCCCCCCCCCCCC(=O)NC(COP(=O)([O-])OCC[N+](C)(C)C)C(O)CCCCCCCCCCCCCCCCCCCCCCCCCCCCCCCCC. The first-order valence-corrected chi connectivity index (χ1v) is 38.1. The summed E-state index contributed by atoms with van der Waals surface area (Å²) in [5.41, 5.74) is 0. The molecule has 0 radical (unpaired) electrons. The second-order valence-electron chi connectivity index (χ2n) is 26.3. The molecule has 1 amide bonds. The number of nitrogens with zero attached hydrogens (tertiary/aromatic N) is 1. The Bertz CT molecular complexity index is 1550. The van der Waals surface area contributed by atoms with Crippen LogP contribution in [0.3, 0.4) is 0 Å². The van der Waals surface area contributed by atoms with Gasteiger partial charge in [-0.25, -0.2) is 0 Å². The number of aliphatic hydroxyl groups excluding tert-OH is 1. The molecule has 0 aliphatic heterocycles. The van der Waals surface area contributed by atoms with Crippen LogP contribution in [0.4, 0.5) is 0 Å². The average molecular weight is 1200 g/mol. The maximum Gasteiger partial charge on any atom is 0.268 e. The number of amides is 1. The molecule has 9 heteroatoms. The number of aliphatic hydroxyl groups is 1.